The highest BCUT2D eigenvalue weighted by Crippen LogP contribution is 2.26. The number of piperazine rings is 1. The molecule has 0 N–H and O–H groups in total. The van der Waals surface area contributed by atoms with Crippen LogP contribution in [0.25, 0.3) is 6.08 Å². The van der Waals surface area contributed by atoms with Crippen LogP contribution in [0, 0.1) is 6.92 Å². The summed E-state index contributed by atoms with van der Waals surface area (Å²) in [5.74, 6) is -0.00135. The van der Waals surface area contributed by atoms with E-state index in [2.05, 4.69) is 11.8 Å². The topological polar surface area (TPSA) is 23.6 Å². The number of hydrogen-bond donors (Lipinski definition) is 0. The number of amides is 1. The van der Waals surface area contributed by atoms with Crippen LogP contribution in [0.3, 0.4) is 0 Å². The highest BCUT2D eigenvalue weighted by atomic mass is 35.5. The molecule has 0 spiro atoms. The molecular formula is C20H19Cl3N2O. The van der Waals surface area contributed by atoms with Crippen molar-refractivity contribution >= 4 is 52.5 Å². The van der Waals surface area contributed by atoms with E-state index in [0.717, 1.165) is 29.4 Å². The monoisotopic (exact) mass is 408 g/mol. The first kappa shape index (κ1) is 19.1. The second-order valence-corrected chi connectivity index (χ2v) is 7.50. The number of nitrogens with zero attached hydrogens (tertiary/aromatic N) is 2. The van der Waals surface area contributed by atoms with Gasteiger partial charge in [-0.25, -0.2) is 0 Å². The third kappa shape index (κ3) is 4.53. The Labute approximate surface area is 168 Å². The van der Waals surface area contributed by atoms with Crippen molar-refractivity contribution in [3.63, 3.8) is 0 Å². The molecule has 3 rings (SSSR count). The summed E-state index contributed by atoms with van der Waals surface area (Å²) < 4.78 is 0. The Morgan fingerprint density at radius 3 is 2.38 bits per heavy atom. The Balaban J connectivity index is 1.60. The number of halogens is 3. The predicted molar refractivity (Wildman–Crippen MR) is 110 cm³/mol. The van der Waals surface area contributed by atoms with Gasteiger partial charge in [-0.15, -0.1) is 0 Å². The molecule has 1 aliphatic heterocycles. The number of carbonyl (C=O) groups excluding carboxylic acids is 1. The molecule has 6 heteroatoms. The van der Waals surface area contributed by atoms with Gasteiger partial charge in [-0.1, -0.05) is 46.9 Å². The third-order valence-electron chi connectivity index (χ3n) is 4.47. The molecule has 1 amide bonds. The van der Waals surface area contributed by atoms with Crippen molar-refractivity contribution in [3.8, 4) is 0 Å². The smallest absolute Gasteiger partial charge is 0.246 e. The number of benzene rings is 2. The molecule has 2 aromatic rings. The summed E-state index contributed by atoms with van der Waals surface area (Å²) in [6, 6.07) is 11.2. The van der Waals surface area contributed by atoms with Gasteiger partial charge in [-0.2, -0.15) is 0 Å². The Bertz CT molecular complexity index is 843. The molecule has 1 heterocycles. The molecule has 0 aromatic heterocycles. The fourth-order valence-corrected chi connectivity index (χ4v) is 3.45. The molecule has 0 saturated carbocycles. The first-order chi connectivity index (χ1) is 12.4. The zero-order chi connectivity index (χ0) is 18.7. The van der Waals surface area contributed by atoms with Gasteiger partial charge in [0.25, 0.3) is 0 Å². The van der Waals surface area contributed by atoms with Crippen LogP contribution in [0.2, 0.25) is 15.1 Å². The van der Waals surface area contributed by atoms with Gasteiger partial charge >= 0.3 is 0 Å². The van der Waals surface area contributed by atoms with Gasteiger partial charge in [0, 0.05) is 43.0 Å². The van der Waals surface area contributed by atoms with E-state index in [1.165, 1.54) is 5.56 Å². The first-order valence-corrected chi connectivity index (χ1v) is 9.50. The minimum absolute atomic E-state index is 0.00135. The van der Waals surface area contributed by atoms with E-state index >= 15 is 0 Å². The maximum absolute atomic E-state index is 12.4. The van der Waals surface area contributed by atoms with Crippen LogP contribution in [0.4, 0.5) is 5.69 Å². The fourth-order valence-electron chi connectivity index (χ4n) is 2.98. The maximum atomic E-state index is 12.4. The average molecular weight is 410 g/mol. The summed E-state index contributed by atoms with van der Waals surface area (Å²) in [7, 11) is 0. The average Bonchev–Trinajstić information content (AvgIpc) is 2.64. The van der Waals surface area contributed by atoms with Gasteiger partial charge in [0.05, 0.1) is 10.0 Å². The normalized spacial score (nSPS) is 14.9. The summed E-state index contributed by atoms with van der Waals surface area (Å²) in [6.07, 6.45) is 3.35. The quantitative estimate of drug-likeness (QED) is 0.641. The van der Waals surface area contributed by atoms with E-state index < -0.39 is 0 Å². The van der Waals surface area contributed by atoms with Crippen molar-refractivity contribution in [2.75, 3.05) is 31.1 Å². The molecule has 2 aromatic carbocycles. The Morgan fingerprint density at radius 1 is 0.962 bits per heavy atom. The van der Waals surface area contributed by atoms with Gasteiger partial charge in [-0.3, -0.25) is 4.79 Å². The van der Waals surface area contributed by atoms with Crippen LogP contribution in [0.15, 0.2) is 42.5 Å². The molecule has 1 saturated heterocycles. The Hall–Kier alpha value is -1.68. The zero-order valence-corrected chi connectivity index (χ0v) is 16.7. The lowest BCUT2D eigenvalue weighted by Gasteiger charge is -2.36. The molecule has 0 aliphatic carbocycles. The van der Waals surface area contributed by atoms with E-state index in [1.54, 1.807) is 24.3 Å². The molecule has 0 radical (unpaired) electrons. The van der Waals surface area contributed by atoms with Crippen molar-refractivity contribution < 1.29 is 4.79 Å². The summed E-state index contributed by atoms with van der Waals surface area (Å²) in [4.78, 5) is 16.6. The molecule has 136 valence electrons. The van der Waals surface area contributed by atoms with E-state index in [0.29, 0.717) is 23.1 Å². The van der Waals surface area contributed by atoms with Crippen molar-refractivity contribution in [1.82, 2.24) is 4.90 Å². The number of aryl methyl sites for hydroxylation is 1. The lowest BCUT2D eigenvalue weighted by atomic mass is 10.1. The zero-order valence-electron chi connectivity index (χ0n) is 14.4. The molecule has 0 bridgehead atoms. The SMILES string of the molecule is Cc1ccc(Cl)cc1N1CCN(C(=O)/C=C/c2ccc(Cl)c(Cl)c2)CC1. The largest absolute Gasteiger partial charge is 0.368 e. The number of carbonyl (C=O) groups is 1. The second-order valence-electron chi connectivity index (χ2n) is 6.25. The van der Waals surface area contributed by atoms with Gasteiger partial charge in [-0.05, 0) is 48.4 Å². The van der Waals surface area contributed by atoms with Gasteiger partial charge in [0.15, 0.2) is 0 Å². The summed E-state index contributed by atoms with van der Waals surface area (Å²) in [5.41, 5.74) is 3.17. The molecule has 3 nitrogen and oxygen atoms in total. The van der Waals surface area contributed by atoms with Gasteiger partial charge in [0.1, 0.15) is 0 Å². The minimum atomic E-state index is -0.00135. The van der Waals surface area contributed by atoms with Crippen molar-refractivity contribution in [3.05, 3.63) is 68.7 Å². The van der Waals surface area contributed by atoms with Crippen LogP contribution in [0.1, 0.15) is 11.1 Å². The third-order valence-corrected chi connectivity index (χ3v) is 5.44. The van der Waals surface area contributed by atoms with Crippen molar-refractivity contribution in [2.24, 2.45) is 0 Å². The van der Waals surface area contributed by atoms with E-state index in [9.17, 15) is 4.79 Å². The Morgan fingerprint density at radius 2 is 1.69 bits per heavy atom. The summed E-state index contributed by atoms with van der Waals surface area (Å²) in [5, 5.41) is 1.71. The van der Waals surface area contributed by atoms with Crippen LogP contribution in [-0.2, 0) is 4.79 Å². The molecular weight excluding hydrogens is 391 g/mol. The molecule has 1 fully saturated rings. The van der Waals surface area contributed by atoms with Crippen LogP contribution in [0.5, 0.6) is 0 Å². The molecule has 1 aliphatic rings. The highest BCUT2D eigenvalue weighted by molar-refractivity contribution is 6.42. The fraction of sp³-hybridized carbons (Fsp3) is 0.250. The molecule has 0 atom stereocenters. The lowest BCUT2D eigenvalue weighted by molar-refractivity contribution is -0.126. The highest BCUT2D eigenvalue weighted by Gasteiger charge is 2.20. The minimum Gasteiger partial charge on any atom is -0.368 e. The summed E-state index contributed by atoms with van der Waals surface area (Å²) >= 11 is 18.0. The maximum Gasteiger partial charge on any atom is 0.246 e. The van der Waals surface area contributed by atoms with Crippen molar-refractivity contribution in [1.29, 1.82) is 0 Å². The first-order valence-electron chi connectivity index (χ1n) is 8.37. The molecule has 26 heavy (non-hydrogen) atoms. The van der Waals surface area contributed by atoms with E-state index in [1.807, 2.05) is 29.2 Å². The van der Waals surface area contributed by atoms with E-state index in [-0.39, 0.29) is 5.91 Å². The predicted octanol–water partition coefficient (Wildman–Crippen LogP) is 5.32. The standard InChI is InChI=1S/C20H19Cl3N2O/c1-14-2-5-16(21)13-19(14)24-8-10-25(11-9-24)20(26)7-4-15-3-6-17(22)18(23)12-15/h2-7,12-13H,8-11H2,1H3/b7-4+. The number of rotatable bonds is 3. The van der Waals surface area contributed by atoms with Gasteiger partial charge < -0.3 is 9.80 Å². The van der Waals surface area contributed by atoms with Crippen LogP contribution in [-0.4, -0.2) is 37.0 Å². The van der Waals surface area contributed by atoms with Gasteiger partial charge in [0.2, 0.25) is 5.91 Å². The summed E-state index contributed by atoms with van der Waals surface area (Å²) in [6.45, 7) is 5.00. The van der Waals surface area contributed by atoms with Crippen LogP contribution < -0.4 is 4.90 Å². The van der Waals surface area contributed by atoms with Crippen LogP contribution >= 0.6 is 34.8 Å². The lowest BCUT2D eigenvalue weighted by Crippen LogP contribution is -2.48. The number of hydrogen-bond acceptors (Lipinski definition) is 2. The van der Waals surface area contributed by atoms with E-state index in [4.69, 9.17) is 34.8 Å². The van der Waals surface area contributed by atoms with Crippen molar-refractivity contribution in [2.45, 2.75) is 6.92 Å². The second kappa shape index (κ2) is 8.34. The Kier molecular flexibility index (Phi) is 6.13. The number of anilines is 1. The molecule has 0 unspecified atom stereocenters.